The van der Waals surface area contributed by atoms with Gasteiger partial charge in [-0.15, -0.1) is 0 Å². The molecule has 5 rings (SSSR count). The number of nitrogens with two attached hydrogens (primary N) is 1. The van der Waals surface area contributed by atoms with Gasteiger partial charge in [-0.1, -0.05) is 41.9 Å². The van der Waals surface area contributed by atoms with Crippen molar-refractivity contribution in [2.45, 2.75) is 0 Å². The first-order chi connectivity index (χ1) is 16.7. The van der Waals surface area contributed by atoms with E-state index < -0.39 is 0 Å². The predicted octanol–water partition coefficient (Wildman–Crippen LogP) is 4.38. The number of halogens is 1. The highest BCUT2D eigenvalue weighted by molar-refractivity contribution is 6.30. The molecular weight excluding hydrogens is 454 g/mol. The molecular formula is C24H22ClN7O2. The fraction of sp³-hybridized carbons (Fsp3) is 0.167. The number of furan rings is 1. The van der Waals surface area contributed by atoms with E-state index >= 15 is 0 Å². The van der Waals surface area contributed by atoms with Gasteiger partial charge in [0.05, 0.1) is 25.1 Å². The number of nitrogens with zero attached hydrogens (tertiary/aromatic N) is 6. The van der Waals surface area contributed by atoms with E-state index in [0.717, 1.165) is 11.3 Å². The Labute approximate surface area is 201 Å². The van der Waals surface area contributed by atoms with Crippen LogP contribution in [0.15, 0.2) is 76.2 Å². The molecule has 0 amide bonds. The van der Waals surface area contributed by atoms with Crippen LogP contribution in [0.25, 0.3) is 11.3 Å². The lowest BCUT2D eigenvalue weighted by molar-refractivity contribution is 0.122. The van der Waals surface area contributed by atoms with Gasteiger partial charge in [0.2, 0.25) is 11.9 Å². The maximum atomic E-state index is 6.11. The lowest BCUT2D eigenvalue weighted by Gasteiger charge is -2.27. The Morgan fingerprint density at radius 3 is 2.59 bits per heavy atom. The molecule has 4 aromatic rings. The zero-order valence-corrected chi connectivity index (χ0v) is 19.0. The second-order valence-electron chi connectivity index (χ2n) is 7.50. The van der Waals surface area contributed by atoms with Gasteiger partial charge in [0.25, 0.3) is 5.95 Å². The van der Waals surface area contributed by atoms with E-state index in [4.69, 9.17) is 26.5 Å². The van der Waals surface area contributed by atoms with Crippen LogP contribution in [0.1, 0.15) is 5.76 Å². The number of nitrogen functional groups attached to an aromatic ring is 1. The first-order valence-electron chi connectivity index (χ1n) is 10.7. The van der Waals surface area contributed by atoms with Gasteiger partial charge in [-0.25, -0.2) is 0 Å². The smallest absolute Gasteiger partial charge is 0.257 e. The highest BCUT2D eigenvalue weighted by Gasteiger charge is 2.19. The topological polar surface area (TPSA) is 106 Å². The Morgan fingerprint density at radius 2 is 1.79 bits per heavy atom. The van der Waals surface area contributed by atoms with Crippen LogP contribution in [0.5, 0.6) is 0 Å². The fourth-order valence-electron chi connectivity index (χ4n) is 3.51. The number of ether oxygens (including phenoxy) is 1. The molecule has 0 radical (unpaired) electrons. The molecule has 1 aliphatic rings. The number of hydrogen-bond donors (Lipinski definition) is 1. The van der Waals surface area contributed by atoms with Crippen molar-refractivity contribution >= 4 is 41.3 Å². The fourth-order valence-corrected chi connectivity index (χ4v) is 3.70. The summed E-state index contributed by atoms with van der Waals surface area (Å²) in [6, 6.07) is 20.8. The Balaban J connectivity index is 1.47. The molecule has 0 bridgehead atoms. The van der Waals surface area contributed by atoms with Crippen LogP contribution in [0, 0.1) is 0 Å². The van der Waals surface area contributed by atoms with Crippen molar-refractivity contribution in [1.29, 1.82) is 0 Å². The SMILES string of the molecule is Nc1nc(N2CCOCC2)nc(N(N=Cc2ccc(-c3cccc(Cl)c3)o2)c2ccccc2)n1. The first kappa shape index (κ1) is 21.9. The largest absolute Gasteiger partial charge is 0.455 e. The predicted molar refractivity (Wildman–Crippen MR) is 133 cm³/mol. The third kappa shape index (κ3) is 5.00. The van der Waals surface area contributed by atoms with Crippen LogP contribution in [0.3, 0.4) is 0 Å². The van der Waals surface area contributed by atoms with Gasteiger partial charge < -0.3 is 19.8 Å². The van der Waals surface area contributed by atoms with Crippen LogP contribution in [0.2, 0.25) is 5.02 Å². The second-order valence-corrected chi connectivity index (χ2v) is 7.93. The molecule has 10 heteroatoms. The monoisotopic (exact) mass is 475 g/mol. The minimum Gasteiger partial charge on any atom is -0.455 e. The quantitative estimate of drug-likeness (QED) is 0.323. The van der Waals surface area contributed by atoms with Crippen molar-refractivity contribution in [3.8, 4) is 11.3 Å². The molecule has 172 valence electrons. The molecule has 0 saturated carbocycles. The lowest BCUT2D eigenvalue weighted by Crippen LogP contribution is -2.37. The molecule has 0 spiro atoms. The van der Waals surface area contributed by atoms with Crippen LogP contribution < -0.4 is 15.6 Å². The second kappa shape index (κ2) is 9.90. The van der Waals surface area contributed by atoms with Crippen molar-refractivity contribution < 1.29 is 9.15 Å². The van der Waals surface area contributed by atoms with E-state index in [9.17, 15) is 0 Å². The number of rotatable bonds is 6. The van der Waals surface area contributed by atoms with Crippen LogP contribution in [0.4, 0.5) is 23.5 Å². The molecule has 34 heavy (non-hydrogen) atoms. The van der Waals surface area contributed by atoms with Crippen molar-refractivity contribution in [3.05, 3.63) is 77.5 Å². The molecule has 0 aliphatic carbocycles. The maximum absolute atomic E-state index is 6.11. The number of para-hydroxylation sites is 1. The molecule has 2 N–H and O–H groups in total. The molecule has 1 fully saturated rings. The molecule has 0 atom stereocenters. The van der Waals surface area contributed by atoms with Crippen molar-refractivity contribution in [1.82, 2.24) is 15.0 Å². The van der Waals surface area contributed by atoms with E-state index in [2.05, 4.69) is 20.1 Å². The zero-order chi connectivity index (χ0) is 23.3. The van der Waals surface area contributed by atoms with Gasteiger partial charge in [-0.2, -0.15) is 25.1 Å². The van der Waals surface area contributed by atoms with E-state index in [-0.39, 0.29) is 5.95 Å². The summed E-state index contributed by atoms with van der Waals surface area (Å²) in [5.74, 6) is 2.16. The summed E-state index contributed by atoms with van der Waals surface area (Å²) in [6.45, 7) is 2.57. The van der Waals surface area contributed by atoms with Crippen LogP contribution in [-0.2, 0) is 4.74 Å². The van der Waals surface area contributed by atoms with Crippen LogP contribution >= 0.6 is 11.6 Å². The third-order valence-corrected chi connectivity index (χ3v) is 5.38. The van der Waals surface area contributed by atoms with E-state index in [0.29, 0.717) is 54.7 Å². The van der Waals surface area contributed by atoms with Crippen molar-refractivity contribution in [2.24, 2.45) is 5.10 Å². The Morgan fingerprint density at radius 1 is 0.971 bits per heavy atom. The molecule has 1 saturated heterocycles. The summed E-state index contributed by atoms with van der Waals surface area (Å²) < 4.78 is 11.4. The summed E-state index contributed by atoms with van der Waals surface area (Å²) in [7, 11) is 0. The highest BCUT2D eigenvalue weighted by atomic mass is 35.5. The summed E-state index contributed by atoms with van der Waals surface area (Å²) in [5, 5.41) is 6.87. The van der Waals surface area contributed by atoms with E-state index in [1.54, 1.807) is 11.2 Å². The summed E-state index contributed by atoms with van der Waals surface area (Å²) >= 11 is 6.11. The lowest BCUT2D eigenvalue weighted by atomic mass is 10.2. The number of aromatic nitrogens is 3. The average molecular weight is 476 g/mol. The highest BCUT2D eigenvalue weighted by Crippen LogP contribution is 2.27. The van der Waals surface area contributed by atoms with Gasteiger partial charge >= 0.3 is 0 Å². The maximum Gasteiger partial charge on any atom is 0.257 e. The summed E-state index contributed by atoms with van der Waals surface area (Å²) in [6.07, 6.45) is 1.61. The van der Waals surface area contributed by atoms with Gasteiger partial charge in [0, 0.05) is 23.7 Å². The molecule has 9 nitrogen and oxygen atoms in total. The number of anilines is 4. The number of hydrogen-bond acceptors (Lipinski definition) is 9. The van der Waals surface area contributed by atoms with Gasteiger partial charge in [0.1, 0.15) is 11.5 Å². The van der Waals surface area contributed by atoms with Gasteiger partial charge in [-0.3, -0.25) is 0 Å². The van der Waals surface area contributed by atoms with Gasteiger partial charge in [0.15, 0.2) is 0 Å². The Kier molecular flexibility index (Phi) is 6.37. The van der Waals surface area contributed by atoms with Gasteiger partial charge in [-0.05, 0) is 36.4 Å². The third-order valence-electron chi connectivity index (χ3n) is 5.15. The van der Waals surface area contributed by atoms with Crippen molar-refractivity contribution in [2.75, 3.05) is 41.9 Å². The molecule has 1 aliphatic heterocycles. The Bertz CT molecular complexity index is 1290. The molecule has 2 aromatic heterocycles. The zero-order valence-electron chi connectivity index (χ0n) is 18.2. The van der Waals surface area contributed by atoms with E-state index in [1.165, 1.54) is 0 Å². The number of benzene rings is 2. The molecule has 0 unspecified atom stereocenters. The minimum absolute atomic E-state index is 0.115. The first-order valence-corrected chi connectivity index (χ1v) is 11.1. The van der Waals surface area contributed by atoms with E-state index in [1.807, 2.05) is 71.6 Å². The standard InChI is InChI=1S/C24H22ClN7O2/c25-18-6-4-5-17(15-18)21-10-9-20(34-21)16-27-32(19-7-2-1-3-8-19)24-29-22(26)28-23(30-24)31-11-13-33-14-12-31/h1-10,15-16H,11-14H2,(H2,26,28,29,30). The summed E-state index contributed by atoms with van der Waals surface area (Å²) in [5.41, 5.74) is 7.69. The summed E-state index contributed by atoms with van der Waals surface area (Å²) in [4.78, 5) is 15.3. The Hall–Kier alpha value is -3.95. The number of morpholine rings is 1. The molecule has 3 heterocycles. The minimum atomic E-state index is 0.115. The van der Waals surface area contributed by atoms with Crippen molar-refractivity contribution in [3.63, 3.8) is 0 Å². The normalized spacial score (nSPS) is 14.0. The van der Waals surface area contributed by atoms with Crippen LogP contribution in [-0.4, -0.2) is 47.5 Å². The molecule has 2 aromatic carbocycles. The average Bonchev–Trinajstić information content (AvgIpc) is 3.34. The number of hydrazone groups is 1.